The predicted octanol–water partition coefficient (Wildman–Crippen LogP) is 6.35. The molecule has 2 spiro atoms. The molecule has 8 rings (SSSR count). The molecule has 256 valence electrons. The van der Waals surface area contributed by atoms with E-state index in [2.05, 4.69) is 19.1 Å². The van der Waals surface area contributed by atoms with Crippen molar-refractivity contribution in [2.45, 2.75) is 142 Å². The lowest BCUT2D eigenvalue weighted by atomic mass is 10.1. The van der Waals surface area contributed by atoms with Crippen LogP contribution in [-0.2, 0) is 51.1 Å². The summed E-state index contributed by atoms with van der Waals surface area (Å²) in [5, 5.41) is 9.48. The summed E-state index contributed by atoms with van der Waals surface area (Å²) in [5.74, 6) is -0.597. The van der Waals surface area contributed by atoms with Gasteiger partial charge in [-0.2, -0.15) is 0 Å². The van der Waals surface area contributed by atoms with Crippen LogP contribution in [0.15, 0.2) is 60.7 Å². The monoisotopic (exact) mass is 642 g/mol. The summed E-state index contributed by atoms with van der Waals surface area (Å²) >= 11 is 0. The van der Waals surface area contributed by atoms with Gasteiger partial charge in [-0.05, 0) is 57.6 Å². The van der Waals surface area contributed by atoms with Gasteiger partial charge >= 0.3 is 0 Å². The van der Waals surface area contributed by atoms with Gasteiger partial charge in [0, 0.05) is 12.5 Å². The Bertz CT molecular complexity index is 1190. The molecule has 6 fully saturated rings. The van der Waals surface area contributed by atoms with Crippen LogP contribution in [0.1, 0.15) is 79.9 Å². The predicted molar refractivity (Wildman–Crippen MR) is 172 cm³/mol. The van der Waals surface area contributed by atoms with Crippen LogP contribution in [0.5, 0.6) is 0 Å². The van der Waals surface area contributed by atoms with E-state index in [4.69, 9.17) is 37.9 Å². The molecule has 2 aromatic rings. The molecule has 9 heteroatoms. The first-order valence-electron chi connectivity index (χ1n) is 16.1. The Hall–Kier alpha value is -1.92. The number of rotatable bonds is 8. The van der Waals surface area contributed by atoms with E-state index >= 15 is 0 Å². The molecule has 4 aliphatic heterocycles. The van der Waals surface area contributed by atoms with Crippen molar-refractivity contribution in [3.63, 3.8) is 0 Å². The number of hydrogen-bond acceptors (Lipinski definition) is 9. The summed E-state index contributed by atoms with van der Waals surface area (Å²) in [4.78, 5) is 0. The van der Waals surface area contributed by atoms with Crippen LogP contribution in [0.4, 0.5) is 0 Å². The van der Waals surface area contributed by atoms with Gasteiger partial charge < -0.3 is 43.0 Å². The number of hydrogen-bond donors (Lipinski definition) is 1. The second-order valence-electron chi connectivity index (χ2n) is 13.9. The lowest BCUT2D eigenvalue weighted by Gasteiger charge is -2.26. The summed E-state index contributed by atoms with van der Waals surface area (Å²) in [6.07, 6.45) is 1.60. The molecule has 0 amide bonds. The minimum Gasteiger partial charge on any atom is -0.396 e. The quantitative estimate of drug-likeness (QED) is 0.354. The number of fused-ring (bicyclic) bond motifs is 2. The molecular weight excluding hydrogens is 588 g/mol. The van der Waals surface area contributed by atoms with Gasteiger partial charge in [-0.15, -0.1) is 0 Å². The van der Waals surface area contributed by atoms with E-state index in [0.29, 0.717) is 19.1 Å². The minimum absolute atomic E-state index is 0. The van der Waals surface area contributed by atoms with Crippen molar-refractivity contribution in [2.24, 2.45) is 11.8 Å². The van der Waals surface area contributed by atoms with Crippen molar-refractivity contribution < 1.29 is 43.0 Å². The lowest BCUT2D eigenvalue weighted by Crippen LogP contribution is -2.39. The average molecular weight is 643 g/mol. The normalized spacial score (nSPS) is 40.0. The van der Waals surface area contributed by atoms with Gasteiger partial charge in [-0.25, -0.2) is 0 Å². The van der Waals surface area contributed by atoms with Gasteiger partial charge in [0.25, 0.3) is 0 Å². The zero-order valence-electron chi connectivity index (χ0n) is 26.3. The summed E-state index contributed by atoms with van der Waals surface area (Å²) in [6.45, 7) is 11.0. The molecule has 9 nitrogen and oxygen atoms in total. The molecule has 2 aliphatic carbocycles. The molecule has 10 atom stereocenters. The van der Waals surface area contributed by atoms with Crippen LogP contribution in [-0.4, -0.2) is 71.5 Å². The Balaban J connectivity index is 0.000000174. The number of aliphatic hydroxyl groups excluding tert-OH is 1. The molecule has 2 unspecified atom stereocenters. The third-order valence-corrected chi connectivity index (χ3v) is 9.86. The second kappa shape index (κ2) is 13.2. The van der Waals surface area contributed by atoms with Crippen molar-refractivity contribution in [1.82, 2.24) is 0 Å². The largest absolute Gasteiger partial charge is 0.396 e. The van der Waals surface area contributed by atoms with E-state index in [1.54, 1.807) is 0 Å². The van der Waals surface area contributed by atoms with E-state index in [1.807, 2.05) is 76.2 Å². The number of ether oxygens (including phenoxy) is 8. The molecular formula is C37H54O9. The van der Waals surface area contributed by atoms with Crippen molar-refractivity contribution >= 4 is 0 Å². The fourth-order valence-corrected chi connectivity index (χ4v) is 7.57. The molecule has 6 aliphatic rings. The van der Waals surface area contributed by atoms with Gasteiger partial charge in [0.1, 0.15) is 35.6 Å². The highest BCUT2D eigenvalue weighted by atomic mass is 16.9. The van der Waals surface area contributed by atoms with Gasteiger partial charge in [0.15, 0.2) is 24.2 Å². The number of aliphatic hydroxyl groups is 1. The van der Waals surface area contributed by atoms with Crippen LogP contribution < -0.4 is 0 Å². The fourth-order valence-electron chi connectivity index (χ4n) is 7.57. The Kier molecular flexibility index (Phi) is 10.1. The molecule has 4 saturated heterocycles. The van der Waals surface area contributed by atoms with E-state index < -0.39 is 23.5 Å². The molecule has 1 N–H and O–H groups in total. The van der Waals surface area contributed by atoms with Crippen LogP contribution >= 0.6 is 0 Å². The van der Waals surface area contributed by atoms with Crippen molar-refractivity contribution in [1.29, 1.82) is 0 Å². The van der Waals surface area contributed by atoms with Crippen molar-refractivity contribution in [2.75, 3.05) is 6.61 Å². The van der Waals surface area contributed by atoms with E-state index in [1.165, 1.54) is 5.56 Å². The molecule has 0 radical (unpaired) electrons. The highest BCUT2D eigenvalue weighted by Gasteiger charge is 2.73. The first-order valence-corrected chi connectivity index (χ1v) is 16.1. The van der Waals surface area contributed by atoms with E-state index in [0.717, 1.165) is 24.8 Å². The Morgan fingerprint density at radius 3 is 1.41 bits per heavy atom. The first-order chi connectivity index (χ1) is 21.1. The van der Waals surface area contributed by atoms with Crippen LogP contribution in [0.2, 0.25) is 0 Å². The van der Waals surface area contributed by atoms with Gasteiger partial charge in [0.2, 0.25) is 0 Å². The third-order valence-electron chi connectivity index (χ3n) is 9.86. The molecule has 2 aromatic carbocycles. The summed E-state index contributed by atoms with van der Waals surface area (Å²) in [6, 6.07) is 20.3. The van der Waals surface area contributed by atoms with Crippen LogP contribution in [0, 0.1) is 11.8 Å². The maximum absolute atomic E-state index is 9.48. The lowest BCUT2D eigenvalue weighted by molar-refractivity contribution is -0.228. The Labute approximate surface area is 274 Å². The summed E-state index contributed by atoms with van der Waals surface area (Å²) in [5.41, 5.74) is 1.64. The van der Waals surface area contributed by atoms with Crippen molar-refractivity contribution in [3.8, 4) is 0 Å². The molecule has 4 heterocycles. The Morgan fingerprint density at radius 1 is 0.630 bits per heavy atom. The zero-order chi connectivity index (χ0) is 30.7. The highest BCUT2D eigenvalue weighted by molar-refractivity contribution is 5.20. The smallest absolute Gasteiger partial charge is 0.190 e. The topological polar surface area (TPSA) is 94.1 Å². The maximum atomic E-state index is 9.48. The molecule has 0 aromatic heterocycles. The minimum atomic E-state index is -0.658. The zero-order valence-corrected chi connectivity index (χ0v) is 26.3. The number of benzene rings is 2. The molecule has 0 bridgehead atoms. The maximum Gasteiger partial charge on any atom is 0.190 e. The molecule has 46 heavy (non-hydrogen) atoms. The third kappa shape index (κ3) is 6.56. The van der Waals surface area contributed by atoms with Gasteiger partial charge in [-0.1, -0.05) is 88.9 Å². The highest BCUT2D eigenvalue weighted by Crippen LogP contribution is 2.61. The fraction of sp³-hybridized carbons (Fsp3) is 0.676. The Morgan fingerprint density at radius 2 is 1.04 bits per heavy atom. The standard InChI is InChI=1S/C18H24O4.C17H22O5.2CH4/c1-4-13-10-18(13)15(19-11-12-8-6-5-7-9-12)14-16(22-18)21-17(2,3)20-14;1-16(2)20-13-14(19-10-11-6-4-3-5-7-11)17(8-12(17)9-18)22-15(13)21-16;;/h5-9,13-16H,4,10-11H2,1-3H3;3-7,12-15,18H,8-10H2,1-2H3;2*1H4/t13-,14-,15?,16-,18-;12-,13+,14?,15+,17+;;/m01../s1. The van der Waals surface area contributed by atoms with E-state index in [-0.39, 0.29) is 63.7 Å². The second-order valence-corrected chi connectivity index (χ2v) is 13.9. The van der Waals surface area contributed by atoms with Crippen LogP contribution in [0.25, 0.3) is 0 Å². The van der Waals surface area contributed by atoms with E-state index in [9.17, 15) is 5.11 Å². The van der Waals surface area contributed by atoms with Gasteiger partial charge in [-0.3, -0.25) is 0 Å². The summed E-state index contributed by atoms with van der Waals surface area (Å²) < 4.78 is 48.6. The summed E-state index contributed by atoms with van der Waals surface area (Å²) in [7, 11) is 0. The average Bonchev–Trinajstić information content (AvgIpc) is 3.74. The van der Waals surface area contributed by atoms with Crippen LogP contribution in [0.3, 0.4) is 0 Å². The van der Waals surface area contributed by atoms with Gasteiger partial charge in [0.05, 0.1) is 13.2 Å². The molecule has 2 saturated carbocycles. The first kappa shape index (κ1) is 35.4. The SMILES string of the molecule is C.C.CC1(C)O[C@H]2O[C@]3(C[C@@H]3CO)C(OCc3ccccc3)[C@@H]2O1.CC[C@H]1C[C@]12O[C@@H]1OC(C)(C)O[C@H]1C2OCc1ccccc1. The van der Waals surface area contributed by atoms with Crippen molar-refractivity contribution in [3.05, 3.63) is 71.8 Å².